The Morgan fingerprint density at radius 2 is 2.11 bits per heavy atom. The molecule has 0 saturated carbocycles. The highest BCUT2D eigenvalue weighted by molar-refractivity contribution is 6.29. The average molecular weight is 258 g/mol. The highest BCUT2D eigenvalue weighted by Crippen LogP contribution is 2.28. The van der Waals surface area contributed by atoms with Gasteiger partial charge < -0.3 is 4.42 Å². The number of halogens is 1. The first-order chi connectivity index (χ1) is 8.83. The first kappa shape index (κ1) is 11.3. The van der Waals surface area contributed by atoms with Crippen LogP contribution in [0.4, 0.5) is 0 Å². The number of pyridine rings is 1. The molecular formula is C15H12ClNO. The largest absolute Gasteiger partial charge is 0.455 e. The number of hydrogen-bond donors (Lipinski definition) is 0. The van der Waals surface area contributed by atoms with Crippen LogP contribution in [0.2, 0.25) is 5.15 Å². The summed E-state index contributed by atoms with van der Waals surface area (Å²) in [5.74, 6) is 0.875. The van der Waals surface area contributed by atoms with Crippen molar-refractivity contribution in [1.29, 1.82) is 0 Å². The van der Waals surface area contributed by atoms with Gasteiger partial charge in [0.1, 0.15) is 16.4 Å². The van der Waals surface area contributed by atoms with E-state index in [2.05, 4.69) is 23.2 Å². The Kier molecular flexibility index (Phi) is 3.03. The third-order valence-corrected chi connectivity index (χ3v) is 3.10. The molecule has 0 atom stereocenters. The van der Waals surface area contributed by atoms with Crippen LogP contribution in [0.5, 0.6) is 0 Å². The van der Waals surface area contributed by atoms with Crippen molar-refractivity contribution in [3.8, 4) is 0 Å². The molecule has 0 aromatic carbocycles. The van der Waals surface area contributed by atoms with E-state index in [4.69, 9.17) is 16.0 Å². The summed E-state index contributed by atoms with van der Waals surface area (Å²) in [4.78, 5) is 4.25. The van der Waals surface area contributed by atoms with E-state index in [1.54, 1.807) is 6.07 Å². The molecule has 0 unspecified atom stereocenters. The number of fused-ring (bicyclic) bond motifs is 1. The van der Waals surface area contributed by atoms with Crippen LogP contribution in [0.25, 0.3) is 16.7 Å². The van der Waals surface area contributed by atoms with Crippen molar-refractivity contribution in [1.82, 2.24) is 4.98 Å². The fourth-order valence-corrected chi connectivity index (χ4v) is 2.15. The number of aromatic nitrogens is 1. The normalized spacial score (nSPS) is 21.9. The molecule has 0 radical (unpaired) electrons. The molecule has 0 saturated heterocycles. The monoisotopic (exact) mass is 257 g/mol. The van der Waals surface area contributed by atoms with Crippen molar-refractivity contribution < 1.29 is 4.42 Å². The Labute approximate surface area is 110 Å². The molecule has 0 N–H and O–H groups in total. The fraction of sp³-hybridized carbons (Fsp3) is 0.133. The Morgan fingerprint density at radius 1 is 1.17 bits per heavy atom. The summed E-state index contributed by atoms with van der Waals surface area (Å²) in [6.45, 7) is 0. The average Bonchev–Trinajstić information content (AvgIpc) is 2.71. The molecule has 0 amide bonds. The van der Waals surface area contributed by atoms with Gasteiger partial charge in [0.05, 0.1) is 0 Å². The van der Waals surface area contributed by atoms with Crippen LogP contribution in [0.1, 0.15) is 18.6 Å². The fourth-order valence-electron chi connectivity index (χ4n) is 2.00. The molecule has 0 bridgehead atoms. The second-order valence-corrected chi connectivity index (χ2v) is 4.56. The smallest absolute Gasteiger partial charge is 0.153 e. The molecule has 2 nitrogen and oxygen atoms in total. The van der Waals surface area contributed by atoms with Crippen LogP contribution in [0.3, 0.4) is 0 Å². The molecule has 90 valence electrons. The highest BCUT2D eigenvalue weighted by Gasteiger charge is 2.09. The molecule has 18 heavy (non-hydrogen) atoms. The minimum atomic E-state index is 0.490. The summed E-state index contributed by atoms with van der Waals surface area (Å²) in [7, 11) is 0. The van der Waals surface area contributed by atoms with E-state index in [1.807, 2.05) is 24.3 Å². The minimum Gasteiger partial charge on any atom is -0.455 e. The molecule has 2 heterocycles. The van der Waals surface area contributed by atoms with Crippen LogP contribution in [-0.2, 0) is 0 Å². The van der Waals surface area contributed by atoms with Crippen molar-refractivity contribution in [2.75, 3.05) is 0 Å². The number of hydrogen-bond acceptors (Lipinski definition) is 2. The summed E-state index contributed by atoms with van der Waals surface area (Å²) in [6.07, 6.45) is 12.3. The van der Waals surface area contributed by atoms with Crippen molar-refractivity contribution in [3.05, 3.63) is 59.5 Å². The minimum absolute atomic E-state index is 0.490. The van der Waals surface area contributed by atoms with Gasteiger partial charge >= 0.3 is 0 Å². The molecular weight excluding hydrogens is 246 g/mol. The van der Waals surface area contributed by atoms with Gasteiger partial charge in [-0.2, -0.15) is 0 Å². The van der Waals surface area contributed by atoms with Crippen LogP contribution in [-0.4, -0.2) is 4.98 Å². The van der Waals surface area contributed by atoms with E-state index in [-0.39, 0.29) is 0 Å². The van der Waals surface area contributed by atoms with Gasteiger partial charge in [-0.25, -0.2) is 4.98 Å². The van der Waals surface area contributed by atoms with Crippen LogP contribution >= 0.6 is 11.6 Å². The summed E-state index contributed by atoms with van der Waals surface area (Å²) in [5, 5.41) is 0.490. The Balaban J connectivity index is 2.03. The Morgan fingerprint density at radius 3 is 3.06 bits per heavy atom. The van der Waals surface area contributed by atoms with Crippen LogP contribution < -0.4 is 0 Å². The van der Waals surface area contributed by atoms with Gasteiger partial charge in [-0.05, 0) is 30.5 Å². The third-order valence-electron chi connectivity index (χ3n) is 2.89. The van der Waals surface area contributed by atoms with Gasteiger partial charge in [-0.3, -0.25) is 0 Å². The number of furan rings is 1. The highest BCUT2D eigenvalue weighted by atomic mass is 35.5. The molecule has 3 rings (SSSR count). The van der Waals surface area contributed by atoms with Gasteiger partial charge in [0, 0.05) is 6.07 Å². The zero-order valence-corrected chi connectivity index (χ0v) is 10.5. The lowest BCUT2D eigenvalue weighted by molar-refractivity contribution is 0.595. The number of rotatable bonds is 1. The van der Waals surface area contributed by atoms with Gasteiger partial charge in [0.25, 0.3) is 0 Å². The lowest BCUT2D eigenvalue weighted by Crippen LogP contribution is -1.82. The number of allylic oxidation sites excluding steroid dienone is 6. The summed E-state index contributed by atoms with van der Waals surface area (Å²) in [6, 6.07) is 5.55. The van der Waals surface area contributed by atoms with Crippen LogP contribution in [0, 0.1) is 0 Å². The Bertz CT molecular complexity index is 664. The Hall–Kier alpha value is -1.80. The summed E-state index contributed by atoms with van der Waals surface area (Å²) < 4.78 is 5.81. The second kappa shape index (κ2) is 4.83. The van der Waals surface area contributed by atoms with Crippen molar-refractivity contribution in [3.63, 3.8) is 0 Å². The summed E-state index contributed by atoms with van der Waals surface area (Å²) in [5.41, 5.74) is 2.77. The maximum absolute atomic E-state index is 5.87. The van der Waals surface area contributed by atoms with E-state index in [1.165, 1.54) is 5.57 Å². The molecule has 0 fully saturated rings. The van der Waals surface area contributed by atoms with Gasteiger partial charge in [0.2, 0.25) is 0 Å². The standard InChI is InChI=1S/C15H12ClNO/c16-15-9-8-13-12(17-15)10-14(18-13)11-6-4-2-1-3-5-7-11/h1-4,6,8-10H,5,7H2/b3-1-,4-2-,11-6+. The van der Waals surface area contributed by atoms with Gasteiger partial charge in [0.15, 0.2) is 5.58 Å². The van der Waals surface area contributed by atoms with E-state index < -0.39 is 0 Å². The molecule has 3 heteroatoms. The molecule has 1 aliphatic carbocycles. The van der Waals surface area contributed by atoms with E-state index in [0.717, 1.165) is 29.7 Å². The zero-order chi connectivity index (χ0) is 12.4. The summed E-state index contributed by atoms with van der Waals surface area (Å²) >= 11 is 5.87. The number of nitrogens with zero attached hydrogens (tertiary/aromatic N) is 1. The van der Waals surface area contributed by atoms with Crippen LogP contribution in [0.15, 0.2) is 53.0 Å². The molecule has 1 aliphatic rings. The quantitative estimate of drug-likeness (QED) is 0.688. The second-order valence-electron chi connectivity index (χ2n) is 4.17. The lowest BCUT2D eigenvalue weighted by Gasteiger charge is -2.02. The third kappa shape index (κ3) is 2.24. The molecule has 0 aliphatic heterocycles. The zero-order valence-electron chi connectivity index (χ0n) is 9.77. The first-order valence-electron chi connectivity index (χ1n) is 5.92. The predicted octanol–water partition coefficient (Wildman–Crippen LogP) is 4.77. The molecule has 0 spiro atoms. The van der Waals surface area contributed by atoms with E-state index in [9.17, 15) is 0 Å². The predicted molar refractivity (Wildman–Crippen MR) is 74.5 cm³/mol. The maximum Gasteiger partial charge on any atom is 0.153 e. The van der Waals surface area contributed by atoms with Crippen molar-refractivity contribution >= 4 is 28.3 Å². The van der Waals surface area contributed by atoms with Gasteiger partial charge in [-0.15, -0.1) is 0 Å². The lowest BCUT2D eigenvalue weighted by atomic mass is 10.1. The van der Waals surface area contributed by atoms with Crippen molar-refractivity contribution in [2.24, 2.45) is 0 Å². The topological polar surface area (TPSA) is 26.0 Å². The molecule has 2 aromatic rings. The van der Waals surface area contributed by atoms with E-state index >= 15 is 0 Å². The SMILES string of the molecule is Clc1ccc2oc(/C3=C/C=C\C=C/CC3)cc2n1. The van der Waals surface area contributed by atoms with Crippen molar-refractivity contribution in [2.45, 2.75) is 12.8 Å². The first-order valence-corrected chi connectivity index (χ1v) is 6.29. The van der Waals surface area contributed by atoms with Gasteiger partial charge in [-0.1, -0.05) is 42.0 Å². The maximum atomic E-state index is 5.87. The molecule has 2 aromatic heterocycles. The van der Waals surface area contributed by atoms with E-state index in [0.29, 0.717) is 5.15 Å².